The maximum atomic E-state index is 11.7. The van der Waals surface area contributed by atoms with E-state index in [2.05, 4.69) is 22.1 Å². The van der Waals surface area contributed by atoms with Crippen molar-refractivity contribution in [2.75, 3.05) is 0 Å². The summed E-state index contributed by atoms with van der Waals surface area (Å²) < 4.78 is 0. The van der Waals surface area contributed by atoms with Gasteiger partial charge in [0, 0.05) is 42.0 Å². The third-order valence-corrected chi connectivity index (χ3v) is 5.66. The number of aromatic amines is 2. The zero-order valence-electron chi connectivity index (χ0n) is 19.7. The first-order chi connectivity index (χ1) is 16.4. The minimum absolute atomic E-state index is 0.0709. The number of hydrogen-bond acceptors (Lipinski definition) is 4. The van der Waals surface area contributed by atoms with Crippen LogP contribution in [0.25, 0.3) is 0 Å². The molecule has 2 aromatic carbocycles. The molecule has 4 rings (SSSR count). The molecule has 0 atom stereocenters. The molecule has 0 amide bonds. The number of aromatic nitrogens is 2. The highest BCUT2D eigenvalue weighted by atomic mass is 16.1. The number of pyridine rings is 2. The predicted molar refractivity (Wildman–Crippen MR) is 138 cm³/mol. The van der Waals surface area contributed by atoms with Crippen LogP contribution in [0.2, 0.25) is 0 Å². The number of H-pyrrole nitrogens is 2. The molecule has 2 heterocycles. The maximum absolute atomic E-state index is 11.7. The van der Waals surface area contributed by atoms with E-state index in [0.717, 1.165) is 35.4 Å². The second kappa shape index (κ2) is 11.9. The molecule has 0 unspecified atom stereocenters. The summed E-state index contributed by atoms with van der Waals surface area (Å²) in [6, 6.07) is 24.1. The second-order valence-corrected chi connectivity index (χ2v) is 8.30. The first kappa shape index (κ1) is 24.9. The SMILES string of the molecule is Cc1cc(Cc2ccccc2)[nH]c(=O)c1CN.Cc1cc(Cc2ccccc2)c(CN)c(=O)[nH]1. The van der Waals surface area contributed by atoms with Crippen LogP contribution >= 0.6 is 0 Å². The molecule has 2 aromatic heterocycles. The van der Waals surface area contributed by atoms with E-state index in [-0.39, 0.29) is 24.2 Å². The summed E-state index contributed by atoms with van der Waals surface area (Å²) in [5, 5.41) is 0. The zero-order valence-corrected chi connectivity index (χ0v) is 19.7. The van der Waals surface area contributed by atoms with E-state index in [1.807, 2.05) is 74.5 Å². The Morgan fingerprint density at radius 1 is 0.676 bits per heavy atom. The summed E-state index contributed by atoms with van der Waals surface area (Å²) in [6.45, 7) is 4.37. The molecule has 6 heteroatoms. The Bertz CT molecular complexity index is 1320. The molecule has 0 fully saturated rings. The maximum Gasteiger partial charge on any atom is 0.252 e. The van der Waals surface area contributed by atoms with E-state index in [1.54, 1.807) is 0 Å². The number of nitrogens with two attached hydrogens (primary N) is 2. The fourth-order valence-electron chi connectivity index (χ4n) is 3.93. The Hall–Kier alpha value is -3.74. The lowest BCUT2D eigenvalue weighted by Gasteiger charge is -2.08. The molecule has 0 radical (unpaired) electrons. The number of nitrogens with one attached hydrogen (secondary N) is 2. The Labute approximate surface area is 199 Å². The van der Waals surface area contributed by atoms with Crippen molar-refractivity contribution in [1.82, 2.24) is 9.97 Å². The van der Waals surface area contributed by atoms with Crippen LogP contribution in [0.3, 0.4) is 0 Å². The molecule has 0 aliphatic carbocycles. The van der Waals surface area contributed by atoms with E-state index in [4.69, 9.17) is 11.5 Å². The van der Waals surface area contributed by atoms with Crippen LogP contribution in [0.15, 0.2) is 82.4 Å². The minimum Gasteiger partial charge on any atom is -0.326 e. The van der Waals surface area contributed by atoms with Crippen molar-refractivity contribution in [2.45, 2.75) is 39.8 Å². The summed E-state index contributed by atoms with van der Waals surface area (Å²) in [7, 11) is 0. The highest BCUT2D eigenvalue weighted by Crippen LogP contribution is 2.12. The number of benzene rings is 2. The van der Waals surface area contributed by atoms with Gasteiger partial charge in [0.2, 0.25) is 0 Å². The van der Waals surface area contributed by atoms with Crippen molar-refractivity contribution in [2.24, 2.45) is 11.5 Å². The third-order valence-electron chi connectivity index (χ3n) is 5.66. The molecular weight excluding hydrogens is 424 g/mol. The van der Waals surface area contributed by atoms with E-state index < -0.39 is 0 Å². The van der Waals surface area contributed by atoms with E-state index in [9.17, 15) is 9.59 Å². The lowest BCUT2D eigenvalue weighted by Crippen LogP contribution is -2.20. The van der Waals surface area contributed by atoms with Gasteiger partial charge in [0.05, 0.1) is 0 Å². The lowest BCUT2D eigenvalue weighted by atomic mass is 10.0. The van der Waals surface area contributed by atoms with Gasteiger partial charge in [-0.15, -0.1) is 0 Å². The molecule has 34 heavy (non-hydrogen) atoms. The van der Waals surface area contributed by atoms with Gasteiger partial charge in [0.15, 0.2) is 0 Å². The van der Waals surface area contributed by atoms with Crippen molar-refractivity contribution in [3.63, 3.8) is 0 Å². The van der Waals surface area contributed by atoms with Crippen molar-refractivity contribution < 1.29 is 0 Å². The Morgan fingerprint density at radius 2 is 1.21 bits per heavy atom. The smallest absolute Gasteiger partial charge is 0.252 e. The van der Waals surface area contributed by atoms with Gasteiger partial charge < -0.3 is 21.4 Å². The first-order valence-corrected chi connectivity index (χ1v) is 11.3. The normalized spacial score (nSPS) is 10.5. The standard InChI is InChI=1S/2C14H16N2O/c1-10-7-12(13(9-15)14(17)16-10)8-11-5-3-2-4-6-11;1-10-7-12(16-14(17)13(10)9-15)8-11-5-3-2-4-6-11/h2*2-7H,8-9,15H2,1H3,(H,16,17). The lowest BCUT2D eigenvalue weighted by molar-refractivity contribution is 0.952. The largest absolute Gasteiger partial charge is 0.326 e. The number of hydrogen-bond donors (Lipinski definition) is 4. The van der Waals surface area contributed by atoms with Crippen molar-refractivity contribution in [3.05, 3.63) is 138 Å². The van der Waals surface area contributed by atoms with Crippen molar-refractivity contribution in [1.29, 1.82) is 0 Å². The van der Waals surface area contributed by atoms with E-state index in [0.29, 0.717) is 11.1 Å². The van der Waals surface area contributed by atoms with Gasteiger partial charge in [0.1, 0.15) is 0 Å². The highest BCUT2D eigenvalue weighted by molar-refractivity contribution is 5.32. The van der Waals surface area contributed by atoms with E-state index >= 15 is 0 Å². The average molecular weight is 457 g/mol. The van der Waals surface area contributed by atoms with Crippen molar-refractivity contribution in [3.8, 4) is 0 Å². The average Bonchev–Trinajstić information content (AvgIpc) is 2.80. The Kier molecular flexibility index (Phi) is 8.73. The minimum atomic E-state index is -0.0709. The quantitative estimate of drug-likeness (QED) is 0.355. The van der Waals surface area contributed by atoms with Gasteiger partial charge in [-0.2, -0.15) is 0 Å². The van der Waals surface area contributed by atoms with Crippen LogP contribution in [0.5, 0.6) is 0 Å². The Morgan fingerprint density at radius 3 is 1.74 bits per heavy atom. The van der Waals surface area contributed by atoms with Gasteiger partial charge in [-0.05, 0) is 54.7 Å². The molecule has 0 spiro atoms. The van der Waals surface area contributed by atoms with Gasteiger partial charge in [-0.1, -0.05) is 60.7 Å². The summed E-state index contributed by atoms with van der Waals surface area (Å²) in [5.74, 6) is 0. The number of aryl methyl sites for hydroxylation is 2. The van der Waals surface area contributed by atoms with Crippen LogP contribution in [0.4, 0.5) is 0 Å². The molecule has 6 N–H and O–H groups in total. The third kappa shape index (κ3) is 6.63. The van der Waals surface area contributed by atoms with E-state index in [1.165, 1.54) is 11.1 Å². The zero-order chi connectivity index (χ0) is 24.5. The molecule has 0 aliphatic rings. The highest BCUT2D eigenvalue weighted by Gasteiger charge is 2.07. The molecule has 0 saturated heterocycles. The molecular formula is C28H32N4O2. The van der Waals surface area contributed by atoms with Crippen LogP contribution in [0.1, 0.15) is 44.8 Å². The Balaban J connectivity index is 0.000000191. The molecule has 0 aliphatic heterocycles. The van der Waals surface area contributed by atoms with Crippen LogP contribution in [-0.2, 0) is 25.9 Å². The molecule has 176 valence electrons. The van der Waals surface area contributed by atoms with Gasteiger partial charge in [-0.3, -0.25) is 9.59 Å². The molecule has 0 saturated carbocycles. The molecule has 0 bridgehead atoms. The topological polar surface area (TPSA) is 118 Å². The number of rotatable bonds is 6. The van der Waals surface area contributed by atoms with Crippen LogP contribution in [0, 0.1) is 13.8 Å². The summed E-state index contributed by atoms with van der Waals surface area (Å²) in [6.07, 6.45) is 1.49. The second-order valence-electron chi connectivity index (χ2n) is 8.30. The predicted octanol–water partition coefficient (Wildman–Crippen LogP) is 3.47. The van der Waals surface area contributed by atoms with Gasteiger partial charge in [-0.25, -0.2) is 0 Å². The molecule has 4 aromatic rings. The van der Waals surface area contributed by atoms with Crippen LogP contribution in [-0.4, -0.2) is 9.97 Å². The fraction of sp³-hybridized carbons (Fsp3) is 0.214. The first-order valence-electron chi connectivity index (χ1n) is 11.3. The fourth-order valence-corrected chi connectivity index (χ4v) is 3.93. The van der Waals surface area contributed by atoms with Crippen molar-refractivity contribution >= 4 is 0 Å². The van der Waals surface area contributed by atoms with Crippen LogP contribution < -0.4 is 22.6 Å². The summed E-state index contributed by atoms with van der Waals surface area (Å²) in [4.78, 5) is 29.2. The monoisotopic (exact) mass is 456 g/mol. The summed E-state index contributed by atoms with van der Waals surface area (Å²) in [5.41, 5.74) is 18.5. The summed E-state index contributed by atoms with van der Waals surface area (Å²) >= 11 is 0. The molecule has 6 nitrogen and oxygen atoms in total. The van der Waals surface area contributed by atoms with Gasteiger partial charge >= 0.3 is 0 Å². The van der Waals surface area contributed by atoms with Gasteiger partial charge in [0.25, 0.3) is 11.1 Å².